The van der Waals surface area contributed by atoms with E-state index in [0.29, 0.717) is 6.07 Å². The topological polar surface area (TPSA) is 110 Å². The van der Waals surface area contributed by atoms with Crippen LogP contribution in [0.25, 0.3) is 0 Å². The number of anilines is 1. The number of amides is 1. The largest absolute Gasteiger partial charge is 0.481 e. The van der Waals surface area contributed by atoms with Gasteiger partial charge >= 0.3 is 11.7 Å². The van der Waals surface area contributed by atoms with Gasteiger partial charge in [0.15, 0.2) is 0 Å². The van der Waals surface area contributed by atoms with E-state index < -0.39 is 51.6 Å². The van der Waals surface area contributed by atoms with E-state index in [9.17, 15) is 28.5 Å². The molecular formula is C12H12F2N2O5. The van der Waals surface area contributed by atoms with Crippen molar-refractivity contribution in [1.29, 1.82) is 0 Å². The van der Waals surface area contributed by atoms with Crippen LogP contribution in [0.3, 0.4) is 0 Å². The summed E-state index contributed by atoms with van der Waals surface area (Å²) in [6, 6.07) is 0.819. The van der Waals surface area contributed by atoms with Crippen LogP contribution in [0.15, 0.2) is 12.1 Å². The number of carbonyl (C=O) groups is 2. The third-order valence-corrected chi connectivity index (χ3v) is 3.04. The molecule has 0 aromatic heterocycles. The average Bonchev–Trinajstić information content (AvgIpc) is 2.39. The van der Waals surface area contributed by atoms with Gasteiger partial charge in [0.2, 0.25) is 11.7 Å². The van der Waals surface area contributed by atoms with E-state index in [1.54, 1.807) is 0 Å². The molecule has 0 spiro atoms. The van der Waals surface area contributed by atoms with Gasteiger partial charge in [-0.15, -0.1) is 0 Å². The van der Waals surface area contributed by atoms with Crippen LogP contribution in [0.4, 0.5) is 20.2 Å². The minimum Gasteiger partial charge on any atom is -0.481 e. The molecule has 114 valence electrons. The molecule has 2 unspecified atom stereocenters. The highest BCUT2D eigenvalue weighted by molar-refractivity contribution is 5.95. The molecule has 2 atom stereocenters. The van der Waals surface area contributed by atoms with Gasteiger partial charge in [-0.2, -0.15) is 4.39 Å². The molecule has 0 bridgehead atoms. The third-order valence-electron chi connectivity index (χ3n) is 3.04. The molecule has 0 saturated heterocycles. The van der Waals surface area contributed by atoms with Gasteiger partial charge in [-0.3, -0.25) is 19.7 Å². The number of hydrogen-bond acceptors (Lipinski definition) is 4. The molecule has 0 aliphatic heterocycles. The number of hydrogen-bond donors (Lipinski definition) is 2. The maximum absolute atomic E-state index is 13.5. The minimum atomic E-state index is -1.37. The Morgan fingerprint density at radius 3 is 2.29 bits per heavy atom. The SMILES string of the molecule is CC(C(=O)O)C(C)C(=O)Nc1cc([N+](=O)[O-])c(F)cc1F. The highest BCUT2D eigenvalue weighted by Gasteiger charge is 2.27. The van der Waals surface area contributed by atoms with Crippen LogP contribution in [-0.4, -0.2) is 21.9 Å². The lowest BCUT2D eigenvalue weighted by Crippen LogP contribution is -2.30. The maximum Gasteiger partial charge on any atom is 0.307 e. The summed E-state index contributed by atoms with van der Waals surface area (Å²) < 4.78 is 26.6. The zero-order chi connectivity index (χ0) is 16.3. The number of carboxylic acid groups (broad SMARTS) is 1. The van der Waals surface area contributed by atoms with E-state index in [4.69, 9.17) is 5.11 Å². The van der Waals surface area contributed by atoms with Crippen molar-refractivity contribution in [3.63, 3.8) is 0 Å². The van der Waals surface area contributed by atoms with Crippen LogP contribution in [0.5, 0.6) is 0 Å². The molecular weight excluding hydrogens is 290 g/mol. The summed E-state index contributed by atoms with van der Waals surface area (Å²) in [6.45, 7) is 2.60. The van der Waals surface area contributed by atoms with Gasteiger partial charge < -0.3 is 10.4 Å². The first kappa shape index (κ1) is 16.5. The van der Waals surface area contributed by atoms with Crippen LogP contribution in [0, 0.1) is 33.6 Å². The standard InChI is InChI=1S/C12H12F2N2O5/c1-5(6(2)12(18)19)11(17)15-9-4-10(16(20)21)8(14)3-7(9)13/h3-6H,1-2H3,(H,15,17)(H,18,19). The van der Waals surface area contributed by atoms with Gasteiger partial charge in [0.1, 0.15) is 5.82 Å². The fourth-order valence-electron chi connectivity index (χ4n) is 1.46. The van der Waals surface area contributed by atoms with Crippen molar-refractivity contribution in [2.45, 2.75) is 13.8 Å². The Labute approximate surface area is 117 Å². The molecule has 1 amide bonds. The monoisotopic (exact) mass is 302 g/mol. The first-order valence-corrected chi connectivity index (χ1v) is 5.82. The predicted molar refractivity (Wildman–Crippen MR) is 67.6 cm³/mol. The number of carbonyl (C=O) groups excluding carboxylic acids is 1. The highest BCUT2D eigenvalue weighted by Crippen LogP contribution is 2.26. The summed E-state index contributed by atoms with van der Waals surface area (Å²) in [5.74, 6) is -6.67. The van der Waals surface area contributed by atoms with E-state index in [-0.39, 0.29) is 6.07 Å². The van der Waals surface area contributed by atoms with E-state index in [2.05, 4.69) is 0 Å². The third kappa shape index (κ3) is 3.71. The molecule has 1 aromatic rings. The van der Waals surface area contributed by atoms with Gasteiger partial charge in [-0.1, -0.05) is 13.8 Å². The fraction of sp³-hybridized carbons (Fsp3) is 0.333. The number of aliphatic carboxylic acids is 1. The Hall–Kier alpha value is -2.58. The van der Waals surface area contributed by atoms with Gasteiger partial charge in [-0.25, -0.2) is 4.39 Å². The lowest BCUT2D eigenvalue weighted by atomic mass is 9.95. The summed E-state index contributed by atoms with van der Waals surface area (Å²) in [6.07, 6.45) is 0. The highest BCUT2D eigenvalue weighted by atomic mass is 19.1. The molecule has 0 saturated carbocycles. The smallest absolute Gasteiger partial charge is 0.307 e. The van der Waals surface area contributed by atoms with E-state index in [0.717, 1.165) is 0 Å². The second-order valence-electron chi connectivity index (χ2n) is 4.45. The number of benzene rings is 1. The number of nitrogens with zero attached hydrogens (tertiary/aromatic N) is 1. The molecule has 1 rings (SSSR count). The predicted octanol–water partition coefficient (Wildman–Crippen LogP) is 2.17. The second kappa shape index (κ2) is 6.25. The van der Waals surface area contributed by atoms with Crippen molar-refractivity contribution < 1.29 is 28.4 Å². The molecule has 0 heterocycles. The van der Waals surface area contributed by atoms with E-state index in [1.165, 1.54) is 13.8 Å². The van der Waals surface area contributed by atoms with Crippen LogP contribution in [-0.2, 0) is 9.59 Å². The lowest BCUT2D eigenvalue weighted by molar-refractivity contribution is -0.387. The molecule has 0 radical (unpaired) electrons. The van der Waals surface area contributed by atoms with Crippen LogP contribution in [0.1, 0.15) is 13.8 Å². The van der Waals surface area contributed by atoms with Crippen molar-refractivity contribution in [3.05, 3.63) is 33.9 Å². The normalized spacial score (nSPS) is 13.3. The Morgan fingerprint density at radius 1 is 1.24 bits per heavy atom. The molecule has 9 heteroatoms. The first-order valence-electron chi connectivity index (χ1n) is 5.82. The summed E-state index contributed by atoms with van der Waals surface area (Å²) in [5.41, 5.74) is -1.58. The maximum atomic E-state index is 13.5. The summed E-state index contributed by atoms with van der Waals surface area (Å²) in [4.78, 5) is 32.0. The van der Waals surface area contributed by atoms with Crippen LogP contribution in [0.2, 0.25) is 0 Å². The van der Waals surface area contributed by atoms with Gasteiger partial charge in [0, 0.05) is 18.1 Å². The second-order valence-corrected chi connectivity index (χ2v) is 4.45. The zero-order valence-corrected chi connectivity index (χ0v) is 11.1. The summed E-state index contributed by atoms with van der Waals surface area (Å²) in [7, 11) is 0. The Bertz CT molecular complexity index is 606. The molecule has 1 aromatic carbocycles. The average molecular weight is 302 g/mol. The Morgan fingerprint density at radius 2 is 1.81 bits per heavy atom. The van der Waals surface area contributed by atoms with E-state index in [1.807, 2.05) is 5.32 Å². The molecule has 0 aliphatic carbocycles. The molecule has 2 N–H and O–H groups in total. The molecule has 0 fully saturated rings. The van der Waals surface area contributed by atoms with Crippen molar-refractivity contribution >= 4 is 23.3 Å². The van der Waals surface area contributed by atoms with Crippen molar-refractivity contribution in [1.82, 2.24) is 0 Å². The number of rotatable bonds is 5. The lowest BCUT2D eigenvalue weighted by Gasteiger charge is -2.16. The summed E-state index contributed by atoms with van der Waals surface area (Å²) in [5, 5.41) is 21.4. The number of nitrogens with one attached hydrogen (secondary N) is 1. The number of nitro groups is 1. The van der Waals surface area contributed by atoms with Crippen molar-refractivity contribution in [3.8, 4) is 0 Å². The van der Waals surface area contributed by atoms with Crippen molar-refractivity contribution in [2.24, 2.45) is 11.8 Å². The number of carboxylic acids is 1. The van der Waals surface area contributed by atoms with Crippen LogP contribution < -0.4 is 5.32 Å². The van der Waals surface area contributed by atoms with Crippen LogP contribution >= 0.6 is 0 Å². The Balaban J connectivity index is 3.03. The Kier molecular flexibility index (Phi) is 4.90. The number of nitro benzene ring substituents is 1. The van der Waals surface area contributed by atoms with Gasteiger partial charge in [0.05, 0.1) is 16.5 Å². The van der Waals surface area contributed by atoms with Gasteiger partial charge in [0.25, 0.3) is 0 Å². The summed E-state index contributed by atoms with van der Waals surface area (Å²) >= 11 is 0. The molecule has 21 heavy (non-hydrogen) atoms. The zero-order valence-electron chi connectivity index (χ0n) is 11.1. The molecule has 0 aliphatic rings. The quantitative estimate of drug-likeness (QED) is 0.640. The van der Waals surface area contributed by atoms with Gasteiger partial charge in [-0.05, 0) is 0 Å². The minimum absolute atomic E-state index is 0.277. The number of halogens is 2. The molecule has 7 nitrogen and oxygen atoms in total. The van der Waals surface area contributed by atoms with E-state index >= 15 is 0 Å². The van der Waals surface area contributed by atoms with Crippen molar-refractivity contribution in [2.75, 3.05) is 5.32 Å². The first-order chi connectivity index (χ1) is 9.65. The fourth-order valence-corrected chi connectivity index (χ4v) is 1.46.